The molecule has 0 bridgehead atoms. The van der Waals surface area contributed by atoms with E-state index in [1.807, 2.05) is 31.2 Å². The van der Waals surface area contributed by atoms with E-state index in [0.717, 1.165) is 22.2 Å². The SMILES string of the molecule is C#CCn1c(C)c(/C=N\NC(=O)c2cccc(OC)c2)c2ccccc21. The number of rotatable bonds is 5. The van der Waals surface area contributed by atoms with Crippen LogP contribution >= 0.6 is 0 Å². The van der Waals surface area contributed by atoms with Crippen molar-refractivity contribution < 1.29 is 9.53 Å². The number of aromatic nitrogens is 1. The molecule has 26 heavy (non-hydrogen) atoms. The molecule has 1 aromatic heterocycles. The van der Waals surface area contributed by atoms with Crippen LogP contribution in [-0.2, 0) is 6.54 Å². The number of methoxy groups -OCH3 is 1. The van der Waals surface area contributed by atoms with E-state index in [0.29, 0.717) is 17.9 Å². The van der Waals surface area contributed by atoms with Crippen molar-refractivity contribution in [3.63, 3.8) is 0 Å². The number of nitrogens with one attached hydrogen (secondary N) is 1. The second-order valence-electron chi connectivity index (χ2n) is 5.74. The first-order chi connectivity index (χ1) is 12.7. The summed E-state index contributed by atoms with van der Waals surface area (Å²) in [5, 5.41) is 5.17. The Hall–Kier alpha value is -3.52. The van der Waals surface area contributed by atoms with Crippen molar-refractivity contribution in [2.24, 2.45) is 5.10 Å². The fourth-order valence-electron chi connectivity index (χ4n) is 2.90. The summed E-state index contributed by atoms with van der Waals surface area (Å²) in [6, 6.07) is 14.9. The highest BCUT2D eigenvalue weighted by Crippen LogP contribution is 2.24. The van der Waals surface area contributed by atoms with Gasteiger partial charge < -0.3 is 9.30 Å². The molecule has 0 saturated heterocycles. The molecule has 2 aromatic carbocycles. The number of nitrogens with zero attached hydrogens (tertiary/aromatic N) is 2. The van der Waals surface area contributed by atoms with Crippen LogP contribution in [-0.4, -0.2) is 23.8 Å². The molecular weight excluding hydrogens is 326 g/mol. The van der Waals surface area contributed by atoms with Gasteiger partial charge in [-0.2, -0.15) is 5.10 Å². The molecule has 1 N–H and O–H groups in total. The summed E-state index contributed by atoms with van der Waals surface area (Å²) in [6.45, 7) is 2.47. The lowest BCUT2D eigenvalue weighted by Gasteiger charge is -2.03. The van der Waals surface area contributed by atoms with E-state index in [1.165, 1.54) is 0 Å². The maximum Gasteiger partial charge on any atom is 0.271 e. The van der Waals surface area contributed by atoms with Gasteiger partial charge in [-0.15, -0.1) is 6.42 Å². The molecule has 5 nitrogen and oxygen atoms in total. The van der Waals surface area contributed by atoms with Gasteiger partial charge in [0.15, 0.2) is 0 Å². The molecule has 0 atom stereocenters. The van der Waals surface area contributed by atoms with Crippen molar-refractivity contribution >= 4 is 23.0 Å². The Morgan fingerprint density at radius 1 is 1.31 bits per heavy atom. The third-order valence-electron chi connectivity index (χ3n) is 4.22. The smallest absolute Gasteiger partial charge is 0.271 e. The zero-order valence-corrected chi connectivity index (χ0v) is 14.7. The number of hydrazone groups is 1. The van der Waals surface area contributed by atoms with Crippen molar-refractivity contribution in [1.82, 2.24) is 9.99 Å². The van der Waals surface area contributed by atoms with Gasteiger partial charge in [-0.1, -0.05) is 30.2 Å². The maximum absolute atomic E-state index is 12.2. The number of ether oxygens (including phenoxy) is 1. The number of amides is 1. The molecule has 3 aromatic rings. The predicted molar refractivity (Wildman–Crippen MR) is 104 cm³/mol. The molecule has 0 fully saturated rings. The van der Waals surface area contributed by atoms with Crippen LogP contribution in [0, 0.1) is 19.3 Å². The number of hydrogen-bond donors (Lipinski definition) is 1. The molecule has 0 aliphatic heterocycles. The first-order valence-electron chi connectivity index (χ1n) is 8.14. The lowest BCUT2D eigenvalue weighted by atomic mass is 10.1. The topological polar surface area (TPSA) is 55.6 Å². The number of terminal acetylenes is 1. The summed E-state index contributed by atoms with van der Waals surface area (Å²) in [6.07, 6.45) is 7.14. The molecule has 0 radical (unpaired) electrons. The van der Waals surface area contributed by atoms with Crippen molar-refractivity contribution in [2.75, 3.05) is 7.11 Å². The minimum absolute atomic E-state index is 0.301. The Balaban J connectivity index is 1.86. The lowest BCUT2D eigenvalue weighted by molar-refractivity contribution is 0.0955. The first-order valence-corrected chi connectivity index (χ1v) is 8.14. The standard InChI is InChI=1S/C21H19N3O2/c1-4-12-24-15(2)19(18-10-5-6-11-20(18)24)14-22-23-21(25)16-8-7-9-17(13-16)26-3/h1,5-11,13-14H,12H2,2-3H3,(H,23,25)/b22-14-. The summed E-state index contributed by atoms with van der Waals surface area (Å²) in [7, 11) is 1.56. The number of carbonyl (C=O) groups is 1. The quantitative estimate of drug-likeness (QED) is 0.438. The summed E-state index contributed by atoms with van der Waals surface area (Å²) in [5.74, 6) is 2.99. The second-order valence-corrected chi connectivity index (χ2v) is 5.74. The van der Waals surface area contributed by atoms with Crippen LogP contribution in [0.3, 0.4) is 0 Å². The van der Waals surface area contributed by atoms with Crippen LogP contribution in [0.5, 0.6) is 5.75 Å². The van der Waals surface area contributed by atoms with Crippen LogP contribution in [0.2, 0.25) is 0 Å². The van der Waals surface area contributed by atoms with Gasteiger partial charge >= 0.3 is 0 Å². The summed E-state index contributed by atoms with van der Waals surface area (Å²) in [4.78, 5) is 12.2. The first kappa shape index (κ1) is 17.3. The van der Waals surface area contributed by atoms with E-state index in [-0.39, 0.29) is 5.91 Å². The molecular formula is C21H19N3O2. The number of fused-ring (bicyclic) bond motifs is 1. The Morgan fingerprint density at radius 2 is 2.12 bits per heavy atom. The van der Waals surface area contributed by atoms with Crippen molar-refractivity contribution in [3.05, 3.63) is 65.4 Å². The second kappa shape index (κ2) is 7.58. The molecule has 1 heterocycles. The molecule has 3 rings (SSSR count). The molecule has 130 valence electrons. The largest absolute Gasteiger partial charge is 0.497 e. The van der Waals surface area contributed by atoms with Crippen LogP contribution in [0.4, 0.5) is 0 Å². The molecule has 0 aliphatic rings. The fraction of sp³-hybridized carbons (Fsp3) is 0.143. The van der Waals surface area contributed by atoms with Gasteiger partial charge in [-0.3, -0.25) is 4.79 Å². The summed E-state index contributed by atoms with van der Waals surface area (Å²) < 4.78 is 7.19. The normalized spacial score (nSPS) is 10.8. The van der Waals surface area contributed by atoms with Gasteiger partial charge in [0, 0.05) is 27.7 Å². The molecule has 0 spiro atoms. The molecule has 0 saturated carbocycles. The van der Waals surface area contributed by atoms with Crippen molar-refractivity contribution in [2.45, 2.75) is 13.5 Å². The number of para-hydroxylation sites is 1. The number of hydrogen-bond acceptors (Lipinski definition) is 3. The van der Waals surface area contributed by atoms with E-state index < -0.39 is 0 Å². The Labute approximate surface area is 152 Å². The van der Waals surface area contributed by atoms with Gasteiger partial charge in [0.2, 0.25) is 0 Å². The van der Waals surface area contributed by atoms with Gasteiger partial charge in [0.1, 0.15) is 5.75 Å². The highest BCUT2D eigenvalue weighted by Gasteiger charge is 2.12. The van der Waals surface area contributed by atoms with E-state index in [1.54, 1.807) is 37.6 Å². The van der Waals surface area contributed by atoms with E-state index in [9.17, 15) is 4.79 Å². The molecule has 0 unspecified atom stereocenters. The third kappa shape index (κ3) is 3.31. The fourth-order valence-corrected chi connectivity index (χ4v) is 2.90. The average Bonchev–Trinajstić information content (AvgIpc) is 2.94. The summed E-state index contributed by atoms with van der Waals surface area (Å²) in [5.41, 5.74) is 6.02. The predicted octanol–water partition coefficient (Wildman–Crippen LogP) is 3.36. The Bertz CT molecular complexity index is 1030. The van der Waals surface area contributed by atoms with Crippen LogP contribution in [0.15, 0.2) is 53.6 Å². The minimum atomic E-state index is -0.301. The average molecular weight is 345 g/mol. The van der Waals surface area contributed by atoms with Gasteiger partial charge in [0.25, 0.3) is 5.91 Å². The third-order valence-corrected chi connectivity index (χ3v) is 4.22. The van der Waals surface area contributed by atoms with Crippen LogP contribution < -0.4 is 10.2 Å². The molecule has 1 amide bonds. The lowest BCUT2D eigenvalue weighted by Crippen LogP contribution is -2.17. The van der Waals surface area contributed by atoms with Crippen molar-refractivity contribution in [1.29, 1.82) is 0 Å². The zero-order valence-electron chi connectivity index (χ0n) is 14.7. The van der Waals surface area contributed by atoms with E-state index in [4.69, 9.17) is 11.2 Å². The molecule has 0 aliphatic carbocycles. The monoisotopic (exact) mass is 345 g/mol. The zero-order chi connectivity index (χ0) is 18.5. The highest BCUT2D eigenvalue weighted by atomic mass is 16.5. The van der Waals surface area contributed by atoms with Gasteiger partial charge in [-0.05, 0) is 31.2 Å². The van der Waals surface area contributed by atoms with E-state index >= 15 is 0 Å². The summed E-state index contributed by atoms with van der Waals surface area (Å²) >= 11 is 0. The minimum Gasteiger partial charge on any atom is -0.497 e. The Morgan fingerprint density at radius 3 is 2.88 bits per heavy atom. The highest BCUT2D eigenvalue weighted by molar-refractivity contribution is 6.02. The van der Waals surface area contributed by atoms with Crippen LogP contribution in [0.1, 0.15) is 21.6 Å². The van der Waals surface area contributed by atoms with Gasteiger partial charge in [-0.25, -0.2) is 5.43 Å². The molecule has 5 heteroatoms. The maximum atomic E-state index is 12.2. The number of benzene rings is 2. The van der Waals surface area contributed by atoms with E-state index in [2.05, 4.69) is 21.0 Å². The van der Waals surface area contributed by atoms with Gasteiger partial charge in [0.05, 0.1) is 19.9 Å². The Kier molecular flexibility index (Phi) is 5.04. The van der Waals surface area contributed by atoms with Crippen molar-refractivity contribution in [3.8, 4) is 18.1 Å². The van der Waals surface area contributed by atoms with Crippen LogP contribution in [0.25, 0.3) is 10.9 Å². The number of carbonyl (C=O) groups excluding carboxylic acids is 1.